The van der Waals surface area contributed by atoms with E-state index in [1.54, 1.807) is 24.3 Å². The Balaban J connectivity index is 1.25. The summed E-state index contributed by atoms with van der Waals surface area (Å²) in [7, 11) is 0. The number of aryl methyl sites for hydroxylation is 4. The standard InChI is InChI=1S/C83H104O18/c1-48-37-74(98-70(29-33-84)80(90)91)64(52-17-9-5-10-18-52)44-60(48)78(61-45-65(53-19-11-6-12-20-53)75(38-49(61)2)99-71(30-34-85)81(92)93)68-42-58(88)27-25-56(68)41-57-26-28-59(89)43-69(57)79(62-46-66(54-21-13-7-14-22-54)76(39-50(62)3)100-72(31-35-86)82(94)95)63-47-67(55-23-15-8-16-24-55)77(40-51(63)4)101-73(32-36-87)83(96)97/h25-28,37-40,42-47,52-55,70-73,78-79,84-89H,5-24,29-36,41H2,1-4H3,(H,90,91)(H,92,93)(H,94,95)(H,96,97). The number of carbonyl (C=O) groups is 4. The van der Waals surface area contributed by atoms with Crippen LogP contribution in [0.5, 0.6) is 34.5 Å². The fourth-order valence-corrected chi connectivity index (χ4v) is 16.7. The van der Waals surface area contributed by atoms with Crippen LogP contribution in [0.3, 0.4) is 0 Å². The Labute approximate surface area is 593 Å². The minimum Gasteiger partial charge on any atom is -0.508 e. The van der Waals surface area contributed by atoms with Gasteiger partial charge in [-0.1, -0.05) is 113 Å². The highest BCUT2D eigenvalue weighted by atomic mass is 16.5. The molecule has 0 radical (unpaired) electrons. The molecule has 544 valence electrons. The fraction of sp³-hybridized carbons (Fsp3) is 0.518. The molecule has 4 aliphatic rings. The number of hydrogen-bond acceptors (Lipinski definition) is 14. The SMILES string of the molecule is Cc1cc(OC(CCO)C(=O)O)c(C2CCCCC2)cc1C(c1cc(C2CCCCC2)c(OC(CCO)C(=O)O)cc1C)c1cc(O)ccc1Cc1ccc(O)cc1C(c1cc(C2CCCCC2)c(OC(CCO)C(=O)O)cc1C)c1cc(C2CCCCC2)c(OC(CCO)C(=O)O)cc1C. The molecule has 101 heavy (non-hydrogen) atoms. The molecule has 6 aromatic rings. The predicted octanol–water partition coefficient (Wildman–Crippen LogP) is 15.3. The highest BCUT2D eigenvalue weighted by Crippen LogP contribution is 2.52. The molecule has 10 N–H and O–H groups in total. The van der Waals surface area contributed by atoms with Crippen LogP contribution in [0, 0.1) is 27.7 Å². The van der Waals surface area contributed by atoms with Gasteiger partial charge in [0.1, 0.15) is 34.5 Å². The third-order valence-electron chi connectivity index (χ3n) is 22.0. The zero-order valence-electron chi connectivity index (χ0n) is 59.1. The van der Waals surface area contributed by atoms with E-state index in [0.29, 0.717) is 23.0 Å². The third kappa shape index (κ3) is 18.2. The number of ether oxygens (including phenoxy) is 4. The van der Waals surface area contributed by atoms with Crippen LogP contribution in [-0.4, -0.2) is 126 Å². The molecule has 0 aromatic heterocycles. The minimum atomic E-state index is -1.33. The van der Waals surface area contributed by atoms with Crippen molar-refractivity contribution in [3.8, 4) is 34.5 Å². The van der Waals surface area contributed by atoms with Crippen molar-refractivity contribution in [2.45, 2.75) is 248 Å². The Morgan fingerprint density at radius 3 is 0.772 bits per heavy atom. The van der Waals surface area contributed by atoms with Gasteiger partial charge in [0.25, 0.3) is 0 Å². The monoisotopic (exact) mass is 1390 g/mol. The summed E-state index contributed by atoms with van der Waals surface area (Å²) in [6.45, 7) is 6.27. The van der Waals surface area contributed by atoms with Crippen LogP contribution in [0.15, 0.2) is 84.9 Å². The molecule has 0 bridgehead atoms. The van der Waals surface area contributed by atoms with Gasteiger partial charge in [0.05, 0.1) is 0 Å². The second kappa shape index (κ2) is 35.1. The number of aliphatic carboxylic acids is 4. The molecule has 4 unspecified atom stereocenters. The van der Waals surface area contributed by atoms with Crippen LogP contribution in [-0.2, 0) is 25.6 Å². The first-order valence-electron chi connectivity index (χ1n) is 36.9. The Morgan fingerprint density at radius 1 is 0.337 bits per heavy atom. The maximum atomic E-state index is 12.8. The lowest BCUT2D eigenvalue weighted by molar-refractivity contribution is -0.146. The van der Waals surface area contributed by atoms with Crippen molar-refractivity contribution in [3.05, 3.63) is 174 Å². The van der Waals surface area contributed by atoms with Crippen molar-refractivity contribution >= 4 is 23.9 Å². The Hall–Kier alpha value is -8.16. The highest BCUT2D eigenvalue weighted by Gasteiger charge is 2.37. The van der Waals surface area contributed by atoms with Gasteiger partial charge in [0.2, 0.25) is 0 Å². The lowest BCUT2D eigenvalue weighted by atomic mass is 9.73. The number of hydrogen-bond donors (Lipinski definition) is 10. The van der Waals surface area contributed by atoms with Gasteiger partial charge in [-0.25, -0.2) is 19.2 Å². The number of carboxylic acids is 4. The first kappa shape index (κ1) is 75.5. The van der Waals surface area contributed by atoms with Crippen molar-refractivity contribution in [1.82, 2.24) is 0 Å². The van der Waals surface area contributed by atoms with Gasteiger partial charge in [-0.05, 0) is 247 Å². The van der Waals surface area contributed by atoms with Crippen LogP contribution < -0.4 is 18.9 Å². The normalized spacial score (nSPS) is 17.7. The summed E-state index contributed by atoms with van der Waals surface area (Å²) >= 11 is 0. The van der Waals surface area contributed by atoms with Crippen LogP contribution in [0.25, 0.3) is 0 Å². The number of rotatable bonds is 32. The summed E-state index contributed by atoms with van der Waals surface area (Å²) in [5.74, 6) is -4.56. The van der Waals surface area contributed by atoms with Crippen LogP contribution in [0.2, 0.25) is 0 Å². The molecule has 4 atom stereocenters. The third-order valence-corrected chi connectivity index (χ3v) is 22.0. The predicted molar refractivity (Wildman–Crippen MR) is 384 cm³/mol. The lowest BCUT2D eigenvalue weighted by Gasteiger charge is -2.33. The van der Waals surface area contributed by atoms with Gasteiger partial charge in [0, 0.05) is 63.9 Å². The van der Waals surface area contributed by atoms with E-state index in [-0.39, 0.29) is 67.3 Å². The van der Waals surface area contributed by atoms with Gasteiger partial charge in [0.15, 0.2) is 24.4 Å². The molecule has 18 nitrogen and oxygen atoms in total. The molecule has 0 saturated heterocycles. The van der Waals surface area contributed by atoms with E-state index in [0.717, 1.165) is 217 Å². The zero-order valence-corrected chi connectivity index (χ0v) is 59.1. The number of aromatic hydroxyl groups is 2. The summed E-state index contributed by atoms with van der Waals surface area (Å²) in [6.07, 6.45) is 12.8. The second-order valence-corrected chi connectivity index (χ2v) is 29.0. The van der Waals surface area contributed by atoms with Crippen LogP contribution in [0.1, 0.15) is 279 Å². The first-order chi connectivity index (χ1) is 48.7. The molecule has 10 rings (SSSR count). The Kier molecular flexibility index (Phi) is 26.3. The molecule has 4 aliphatic carbocycles. The molecule has 4 fully saturated rings. The summed E-state index contributed by atoms with van der Waals surface area (Å²) in [5, 5.41) is 107. The summed E-state index contributed by atoms with van der Waals surface area (Å²) in [4.78, 5) is 51.3. The van der Waals surface area contributed by atoms with Crippen molar-refractivity contribution < 1.29 is 89.2 Å². The van der Waals surface area contributed by atoms with E-state index >= 15 is 0 Å². The van der Waals surface area contributed by atoms with Gasteiger partial charge in [-0.15, -0.1) is 0 Å². The van der Waals surface area contributed by atoms with E-state index in [1.165, 1.54) is 0 Å². The maximum absolute atomic E-state index is 12.8. The van der Waals surface area contributed by atoms with Crippen molar-refractivity contribution in [2.75, 3.05) is 26.4 Å². The van der Waals surface area contributed by atoms with E-state index in [2.05, 4.69) is 24.3 Å². The number of phenols is 2. The zero-order chi connectivity index (χ0) is 72.0. The molecular formula is C83H104O18. The summed E-state index contributed by atoms with van der Waals surface area (Å²) in [6, 6.07) is 27.0. The number of aliphatic hydroxyl groups excluding tert-OH is 4. The number of carboxylic acid groups (broad SMARTS) is 4. The van der Waals surface area contributed by atoms with Crippen molar-refractivity contribution in [3.63, 3.8) is 0 Å². The quantitative estimate of drug-likeness (QED) is 0.0176. The first-order valence-corrected chi connectivity index (χ1v) is 36.9. The van der Waals surface area contributed by atoms with Crippen molar-refractivity contribution in [1.29, 1.82) is 0 Å². The smallest absolute Gasteiger partial charge is 0.344 e. The van der Waals surface area contributed by atoms with E-state index < -0.39 is 86.6 Å². The highest BCUT2D eigenvalue weighted by molar-refractivity contribution is 5.75. The number of phenolic OH excluding ortho intramolecular Hbond substituents is 2. The Morgan fingerprint density at radius 2 is 0.564 bits per heavy atom. The molecule has 6 aromatic carbocycles. The molecule has 0 spiro atoms. The van der Waals surface area contributed by atoms with E-state index in [4.69, 9.17) is 18.9 Å². The average Bonchev–Trinajstić information content (AvgIpc) is 0.756. The van der Waals surface area contributed by atoms with E-state index in [1.807, 2.05) is 64.1 Å². The largest absolute Gasteiger partial charge is 0.508 e. The molecule has 0 amide bonds. The van der Waals surface area contributed by atoms with Crippen molar-refractivity contribution in [2.24, 2.45) is 0 Å². The van der Waals surface area contributed by atoms with Gasteiger partial charge in [-0.2, -0.15) is 0 Å². The molecule has 18 heteroatoms. The molecule has 0 aliphatic heterocycles. The van der Waals surface area contributed by atoms with Gasteiger partial charge in [-0.3, -0.25) is 0 Å². The summed E-state index contributed by atoms with van der Waals surface area (Å²) < 4.78 is 25.9. The molecule has 4 saturated carbocycles. The van der Waals surface area contributed by atoms with Gasteiger partial charge < -0.3 is 70.0 Å². The van der Waals surface area contributed by atoms with Crippen LogP contribution in [0.4, 0.5) is 0 Å². The van der Waals surface area contributed by atoms with Gasteiger partial charge >= 0.3 is 23.9 Å². The average molecular weight is 1390 g/mol. The lowest BCUT2D eigenvalue weighted by Crippen LogP contribution is -2.29. The van der Waals surface area contributed by atoms with Crippen LogP contribution >= 0.6 is 0 Å². The second-order valence-electron chi connectivity index (χ2n) is 29.0. The topological polar surface area (TPSA) is 307 Å². The molecular weight excluding hydrogens is 1280 g/mol. The molecule has 0 heterocycles. The maximum Gasteiger partial charge on any atom is 0.344 e. The fourth-order valence-electron chi connectivity index (χ4n) is 16.7. The van der Waals surface area contributed by atoms with E-state index in [9.17, 15) is 70.2 Å². The Bertz CT molecular complexity index is 3410. The number of benzene rings is 6. The minimum absolute atomic E-state index is 0.0102. The summed E-state index contributed by atoms with van der Waals surface area (Å²) in [5.41, 5.74) is 12.9. The number of aliphatic hydroxyl groups is 4.